The molecular weight excluding hydrogens is 414 g/mol. The summed E-state index contributed by atoms with van der Waals surface area (Å²) in [6.07, 6.45) is 0.201. The first-order valence-electron chi connectivity index (χ1n) is 8.31. The second-order valence-electron chi connectivity index (χ2n) is 6.02. The minimum atomic E-state index is -0.138. The van der Waals surface area contributed by atoms with Crippen molar-refractivity contribution in [2.75, 3.05) is 18.5 Å². The number of benzene rings is 2. The molecule has 0 fully saturated rings. The van der Waals surface area contributed by atoms with Crippen LogP contribution < -0.4 is 14.8 Å². The van der Waals surface area contributed by atoms with E-state index in [0.29, 0.717) is 36.2 Å². The molecule has 2 heterocycles. The number of halogens is 1. The fourth-order valence-electron chi connectivity index (χ4n) is 2.83. The van der Waals surface area contributed by atoms with Gasteiger partial charge in [0.05, 0.1) is 6.42 Å². The molecule has 4 rings (SSSR count). The number of carbonyl (C=O) groups is 1. The molecular formula is C18H16BrN5O3. The summed E-state index contributed by atoms with van der Waals surface area (Å²) in [6, 6.07) is 11.1. The van der Waals surface area contributed by atoms with Gasteiger partial charge in [0.1, 0.15) is 13.2 Å². The number of anilines is 1. The molecule has 0 saturated carbocycles. The monoisotopic (exact) mass is 429 g/mol. The molecule has 0 aliphatic carbocycles. The lowest BCUT2D eigenvalue weighted by Gasteiger charge is -2.19. The van der Waals surface area contributed by atoms with Crippen LogP contribution in [0.2, 0.25) is 0 Å². The Labute approximate surface area is 163 Å². The lowest BCUT2D eigenvalue weighted by molar-refractivity contribution is -0.115. The van der Waals surface area contributed by atoms with E-state index in [1.165, 1.54) is 0 Å². The maximum Gasteiger partial charge on any atom is 0.228 e. The Balaban J connectivity index is 1.50. The van der Waals surface area contributed by atoms with Gasteiger partial charge in [0, 0.05) is 22.8 Å². The van der Waals surface area contributed by atoms with Crippen molar-refractivity contribution < 1.29 is 14.3 Å². The lowest BCUT2D eigenvalue weighted by Crippen LogP contribution is -2.17. The van der Waals surface area contributed by atoms with Crippen molar-refractivity contribution in [1.82, 2.24) is 20.2 Å². The number of rotatable bonds is 4. The molecule has 0 radical (unpaired) electrons. The minimum Gasteiger partial charge on any atom is -0.486 e. The molecule has 27 heavy (non-hydrogen) atoms. The van der Waals surface area contributed by atoms with Gasteiger partial charge in [0.15, 0.2) is 17.3 Å². The molecule has 1 aliphatic heterocycles. The normalized spacial score (nSPS) is 12.7. The van der Waals surface area contributed by atoms with Crippen LogP contribution in [0, 0.1) is 0 Å². The SMILES string of the molecule is Cn1nnnc1-c1cccc(NC(=O)Cc2cc3c(cc2Br)OCCO3)c1. The van der Waals surface area contributed by atoms with E-state index in [4.69, 9.17) is 9.47 Å². The van der Waals surface area contributed by atoms with Crippen molar-refractivity contribution in [3.8, 4) is 22.9 Å². The van der Waals surface area contributed by atoms with Gasteiger partial charge in [-0.1, -0.05) is 28.1 Å². The lowest BCUT2D eigenvalue weighted by atomic mass is 10.1. The number of nitrogens with one attached hydrogen (secondary N) is 1. The van der Waals surface area contributed by atoms with Gasteiger partial charge in [-0.2, -0.15) is 0 Å². The van der Waals surface area contributed by atoms with Gasteiger partial charge in [0.25, 0.3) is 0 Å². The summed E-state index contributed by atoms with van der Waals surface area (Å²) >= 11 is 3.49. The molecule has 0 saturated heterocycles. The number of fused-ring (bicyclic) bond motifs is 1. The smallest absolute Gasteiger partial charge is 0.228 e. The Morgan fingerprint density at radius 1 is 1.22 bits per heavy atom. The number of ether oxygens (including phenoxy) is 2. The van der Waals surface area contributed by atoms with E-state index in [9.17, 15) is 4.79 Å². The van der Waals surface area contributed by atoms with Crippen molar-refractivity contribution in [2.24, 2.45) is 7.05 Å². The van der Waals surface area contributed by atoms with Crippen molar-refractivity contribution >= 4 is 27.5 Å². The first-order chi connectivity index (χ1) is 13.1. The maximum absolute atomic E-state index is 12.5. The van der Waals surface area contributed by atoms with Gasteiger partial charge in [-0.05, 0) is 40.3 Å². The van der Waals surface area contributed by atoms with E-state index in [2.05, 4.69) is 36.8 Å². The van der Waals surface area contributed by atoms with Crippen LogP contribution in [0.15, 0.2) is 40.9 Å². The van der Waals surface area contributed by atoms with Crippen molar-refractivity contribution in [2.45, 2.75) is 6.42 Å². The molecule has 9 heteroatoms. The third-order valence-corrected chi connectivity index (χ3v) is 4.83. The first kappa shape index (κ1) is 17.5. The Bertz CT molecular complexity index is 1000. The minimum absolute atomic E-state index is 0.138. The average molecular weight is 430 g/mol. The van der Waals surface area contributed by atoms with Crippen molar-refractivity contribution in [1.29, 1.82) is 0 Å². The number of hydrogen-bond donors (Lipinski definition) is 1. The predicted molar refractivity (Wildman–Crippen MR) is 102 cm³/mol. The summed E-state index contributed by atoms with van der Waals surface area (Å²) in [7, 11) is 1.76. The fraction of sp³-hybridized carbons (Fsp3) is 0.222. The molecule has 3 aromatic rings. The molecule has 0 bridgehead atoms. The molecule has 1 aromatic heterocycles. The Kier molecular flexibility index (Phi) is 4.76. The molecule has 1 N–H and O–H groups in total. The highest BCUT2D eigenvalue weighted by Gasteiger charge is 2.17. The van der Waals surface area contributed by atoms with E-state index in [1.807, 2.05) is 36.4 Å². The Morgan fingerprint density at radius 3 is 2.74 bits per heavy atom. The van der Waals surface area contributed by atoms with E-state index in [0.717, 1.165) is 15.6 Å². The highest BCUT2D eigenvalue weighted by atomic mass is 79.9. The van der Waals surface area contributed by atoms with E-state index < -0.39 is 0 Å². The number of nitrogens with zero attached hydrogens (tertiary/aromatic N) is 4. The zero-order valence-corrected chi connectivity index (χ0v) is 16.1. The molecule has 8 nitrogen and oxygen atoms in total. The van der Waals surface area contributed by atoms with Crippen LogP contribution in [0.4, 0.5) is 5.69 Å². The summed E-state index contributed by atoms with van der Waals surface area (Å²) in [6.45, 7) is 1.03. The largest absolute Gasteiger partial charge is 0.486 e. The number of amides is 1. The van der Waals surface area contributed by atoms with Crippen LogP contribution in [0.3, 0.4) is 0 Å². The fourth-order valence-corrected chi connectivity index (χ4v) is 3.29. The van der Waals surface area contributed by atoms with Crippen molar-refractivity contribution in [3.63, 3.8) is 0 Å². The topological polar surface area (TPSA) is 91.2 Å². The molecule has 0 unspecified atom stereocenters. The molecule has 2 aromatic carbocycles. The number of hydrogen-bond acceptors (Lipinski definition) is 6. The van der Waals surface area contributed by atoms with Crippen LogP contribution in [-0.4, -0.2) is 39.3 Å². The van der Waals surface area contributed by atoms with Gasteiger partial charge in [-0.25, -0.2) is 4.68 Å². The quantitative estimate of drug-likeness (QED) is 0.685. The molecule has 0 atom stereocenters. The van der Waals surface area contributed by atoms with Crippen LogP contribution in [-0.2, 0) is 18.3 Å². The van der Waals surface area contributed by atoms with Gasteiger partial charge in [-0.3, -0.25) is 4.79 Å². The summed E-state index contributed by atoms with van der Waals surface area (Å²) in [5.74, 6) is 1.83. The predicted octanol–water partition coefficient (Wildman–Crippen LogP) is 2.59. The first-order valence-corrected chi connectivity index (χ1v) is 9.10. The zero-order valence-electron chi connectivity index (χ0n) is 14.5. The standard InChI is InChI=1S/C18H16BrN5O3/c1-24-18(21-22-23-24)11-3-2-4-13(7-11)20-17(25)9-12-8-15-16(10-14(12)19)27-6-5-26-15/h2-4,7-8,10H,5-6,9H2,1H3,(H,20,25). The Hall–Kier alpha value is -2.94. The number of tetrazole rings is 1. The summed E-state index contributed by atoms with van der Waals surface area (Å²) in [5.41, 5.74) is 2.32. The highest BCUT2D eigenvalue weighted by Crippen LogP contribution is 2.35. The van der Waals surface area contributed by atoms with E-state index >= 15 is 0 Å². The van der Waals surface area contributed by atoms with Gasteiger partial charge in [-0.15, -0.1) is 5.10 Å². The van der Waals surface area contributed by atoms with Crippen LogP contribution >= 0.6 is 15.9 Å². The molecule has 1 amide bonds. The van der Waals surface area contributed by atoms with Gasteiger partial charge < -0.3 is 14.8 Å². The molecule has 138 valence electrons. The second kappa shape index (κ2) is 7.36. The Morgan fingerprint density at radius 2 is 2.00 bits per heavy atom. The number of aromatic nitrogens is 4. The summed E-state index contributed by atoms with van der Waals surface area (Å²) in [5, 5.41) is 14.4. The third kappa shape index (κ3) is 3.77. The van der Waals surface area contributed by atoms with Crippen LogP contribution in [0.5, 0.6) is 11.5 Å². The average Bonchev–Trinajstić information content (AvgIpc) is 3.08. The molecule has 1 aliphatic rings. The van der Waals surface area contributed by atoms with Crippen molar-refractivity contribution in [3.05, 3.63) is 46.4 Å². The van der Waals surface area contributed by atoms with E-state index in [1.54, 1.807) is 11.7 Å². The summed E-state index contributed by atoms with van der Waals surface area (Å²) < 4.78 is 13.5. The number of aryl methyl sites for hydroxylation is 1. The molecule has 0 spiro atoms. The van der Waals surface area contributed by atoms with Crippen LogP contribution in [0.1, 0.15) is 5.56 Å². The second-order valence-corrected chi connectivity index (χ2v) is 6.87. The van der Waals surface area contributed by atoms with Gasteiger partial charge in [0.2, 0.25) is 5.91 Å². The summed E-state index contributed by atoms with van der Waals surface area (Å²) in [4.78, 5) is 12.5. The number of carbonyl (C=O) groups excluding carboxylic acids is 1. The zero-order chi connectivity index (χ0) is 18.8. The maximum atomic E-state index is 12.5. The highest BCUT2D eigenvalue weighted by molar-refractivity contribution is 9.10. The van der Waals surface area contributed by atoms with Crippen LogP contribution in [0.25, 0.3) is 11.4 Å². The van der Waals surface area contributed by atoms with E-state index in [-0.39, 0.29) is 12.3 Å². The third-order valence-electron chi connectivity index (χ3n) is 4.09. The van der Waals surface area contributed by atoms with Gasteiger partial charge >= 0.3 is 0 Å².